The van der Waals surface area contributed by atoms with Crippen molar-refractivity contribution in [1.82, 2.24) is 0 Å². The van der Waals surface area contributed by atoms with E-state index in [1.165, 1.54) is 26.4 Å². The molecule has 1 unspecified atom stereocenters. The van der Waals surface area contributed by atoms with Gasteiger partial charge in [0.2, 0.25) is 5.79 Å². The molecule has 0 saturated carbocycles. The highest BCUT2D eigenvalue weighted by atomic mass is 127. The summed E-state index contributed by atoms with van der Waals surface area (Å²) in [5.41, 5.74) is 0. The van der Waals surface area contributed by atoms with Gasteiger partial charge in [-0.05, 0) is 18.6 Å². The van der Waals surface area contributed by atoms with E-state index in [-0.39, 0.29) is 5.78 Å². The van der Waals surface area contributed by atoms with Gasteiger partial charge >= 0.3 is 0 Å². The minimum atomic E-state index is -1.05. The van der Waals surface area contributed by atoms with Gasteiger partial charge in [-0.25, -0.2) is 0 Å². The Kier molecular flexibility index (Phi) is 5.43. The van der Waals surface area contributed by atoms with Gasteiger partial charge in [-0.2, -0.15) is 0 Å². The average molecular weight is 338 g/mol. The Morgan fingerprint density at radius 2 is 2.19 bits per heavy atom. The van der Waals surface area contributed by atoms with Gasteiger partial charge in [0, 0.05) is 17.6 Å². The molecule has 1 aliphatic rings. The van der Waals surface area contributed by atoms with Crippen molar-refractivity contribution in [3.8, 4) is 0 Å². The number of halogens is 1. The van der Waals surface area contributed by atoms with Crippen molar-refractivity contribution in [1.29, 1.82) is 0 Å². The van der Waals surface area contributed by atoms with Gasteiger partial charge in [0.25, 0.3) is 0 Å². The van der Waals surface area contributed by atoms with Gasteiger partial charge in [0.05, 0.1) is 13.7 Å². The molecule has 0 saturated heterocycles. The molecule has 16 heavy (non-hydrogen) atoms. The summed E-state index contributed by atoms with van der Waals surface area (Å²) in [6.07, 6.45) is 5.31. The summed E-state index contributed by atoms with van der Waals surface area (Å²) in [6.45, 7) is 0.552. The quantitative estimate of drug-likeness (QED) is 0.321. The number of ether oxygens (including phenoxy) is 3. The fourth-order valence-electron chi connectivity index (χ4n) is 1.38. The topological polar surface area (TPSA) is 44.8 Å². The maximum absolute atomic E-state index is 11.2. The zero-order chi connectivity index (χ0) is 12.0. The van der Waals surface area contributed by atoms with Gasteiger partial charge in [-0.1, -0.05) is 22.6 Å². The third kappa shape index (κ3) is 3.05. The molecule has 5 heteroatoms. The molecule has 90 valence electrons. The number of carbonyl (C=O) groups excluding carboxylic acids is 1. The maximum Gasteiger partial charge on any atom is 0.248 e. The molecule has 0 amide bonds. The molecule has 0 spiro atoms. The lowest BCUT2D eigenvalue weighted by Gasteiger charge is -2.31. The molecular weight excluding hydrogens is 323 g/mol. The molecule has 0 fully saturated rings. The smallest absolute Gasteiger partial charge is 0.248 e. The first-order chi connectivity index (χ1) is 7.68. The van der Waals surface area contributed by atoms with E-state index in [1.807, 2.05) is 0 Å². The third-order valence-electron chi connectivity index (χ3n) is 2.20. The summed E-state index contributed by atoms with van der Waals surface area (Å²) in [5, 5.41) is 0. The van der Waals surface area contributed by atoms with E-state index in [0.29, 0.717) is 12.4 Å². The van der Waals surface area contributed by atoms with Crippen LogP contribution in [0.5, 0.6) is 0 Å². The molecule has 1 rings (SSSR count). The highest BCUT2D eigenvalue weighted by Crippen LogP contribution is 2.28. The summed E-state index contributed by atoms with van der Waals surface area (Å²) in [4.78, 5) is 11.2. The van der Waals surface area contributed by atoms with Crippen molar-refractivity contribution in [3.63, 3.8) is 0 Å². The van der Waals surface area contributed by atoms with Crippen molar-refractivity contribution in [2.24, 2.45) is 0 Å². The Balaban J connectivity index is 2.80. The second kappa shape index (κ2) is 6.36. The molecule has 4 nitrogen and oxygen atoms in total. The predicted molar refractivity (Wildman–Crippen MR) is 68.4 cm³/mol. The highest BCUT2D eigenvalue weighted by molar-refractivity contribution is 14.1. The van der Waals surface area contributed by atoms with Gasteiger partial charge in [0.15, 0.2) is 11.5 Å². The third-order valence-corrected chi connectivity index (χ3v) is 2.96. The normalized spacial score (nSPS) is 24.4. The Morgan fingerprint density at radius 3 is 2.75 bits per heavy atom. The molecule has 0 aromatic rings. The lowest BCUT2D eigenvalue weighted by atomic mass is 10.1. The van der Waals surface area contributed by atoms with Crippen LogP contribution in [-0.4, -0.2) is 36.8 Å². The first-order valence-corrected chi connectivity index (χ1v) is 6.45. The fraction of sp³-hybridized carbons (Fsp3) is 0.545. The van der Waals surface area contributed by atoms with Crippen molar-refractivity contribution >= 4 is 28.4 Å². The molecular formula is C11H15IO4. The predicted octanol–water partition coefficient (Wildman–Crippen LogP) is 1.84. The summed E-state index contributed by atoms with van der Waals surface area (Å²) in [7, 11) is 3.02. The number of rotatable bonds is 6. The fourth-order valence-corrected chi connectivity index (χ4v) is 1.69. The van der Waals surface area contributed by atoms with Crippen LogP contribution in [0.2, 0.25) is 0 Å². The Morgan fingerprint density at radius 1 is 1.44 bits per heavy atom. The molecule has 0 aromatic carbocycles. The maximum atomic E-state index is 11.2. The molecule has 0 aliphatic heterocycles. The molecule has 0 N–H and O–H groups in total. The van der Waals surface area contributed by atoms with Gasteiger partial charge in [-0.3, -0.25) is 4.79 Å². The van der Waals surface area contributed by atoms with Crippen LogP contribution in [-0.2, 0) is 19.0 Å². The molecule has 0 heterocycles. The highest BCUT2D eigenvalue weighted by Gasteiger charge is 2.37. The molecule has 0 radical (unpaired) electrons. The standard InChI is InChI=1S/C11H15IO4/c1-14-10-8-9(13)4-5-11(10,15-2)16-7-3-6-12/h4-5,8H,3,6-7H2,1-2H3. The molecule has 0 bridgehead atoms. The first kappa shape index (κ1) is 13.7. The van der Waals surface area contributed by atoms with Gasteiger partial charge < -0.3 is 14.2 Å². The first-order valence-electron chi connectivity index (χ1n) is 4.93. The zero-order valence-corrected chi connectivity index (χ0v) is 11.5. The van der Waals surface area contributed by atoms with E-state index in [4.69, 9.17) is 14.2 Å². The van der Waals surface area contributed by atoms with Crippen LogP contribution in [0.1, 0.15) is 6.42 Å². The number of allylic oxidation sites excluding steroid dienone is 2. The summed E-state index contributed by atoms with van der Waals surface area (Å²) in [5.74, 6) is -0.785. The van der Waals surface area contributed by atoms with Crippen LogP contribution in [0.25, 0.3) is 0 Å². The van der Waals surface area contributed by atoms with Crippen LogP contribution in [0, 0.1) is 0 Å². The van der Waals surface area contributed by atoms with E-state index in [2.05, 4.69) is 22.6 Å². The molecule has 1 aliphatic carbocycles. The SMILES string of the molecule is COC1=CC(=O)C=CC1(OC)OCCCI. The number of alkyl halides is 1. The molecule has 1 atom stereocenters. The number of methoxy groups -OCH3 is 2. The van der Waals surface area contributed by atoms with Crippen molar-refractivity contribution in [2.75, 3.05) is 25.3 Å². The monoisotopic (exact) mass is 338 g/mol. The lowest BCUT2D eigenvalue weighted by molar-refractivity contribution is -0.184. The van der Waals surface area contributed by atoms with E-state index in [0.717, 1.165) is 10.8 Å². The minimum absolute atomic E-state index is 0.123. The summed E-state index contributed by atoms with van der Waals surface area (Å²) < 4.78 is 17.1. The number of ketones is 1. The zero-order valence-electron chi connectivity index (χ0n) is 9.36. The number of carbonyl (C=O) groups is 1. The molecule has 0 aromatic heterocycles. The van der Waals surface area contributed by atoms with E-state index >= 15 is 0 Å². The van der Waals surface area contributed by atoms with Crippen LogP contribution in [0.3, 0.4) is 0 Å². The van der Waals surface area contributed by atoms with E-state index in [1.54, 1.807) is 6.08 Å². The van der Waals surface area contributed by atoms with Gasteiger partial charge in [0.1, 0.15) is 0 Å². The van der Waals surface area contributed by atoms with Crippen LogP contribution in [0.4, 0.5) is 0 Å². The van der Waals surface area contributed by atoms with E-state index < -0.39 is 5.79 Å². The average Bonchev–Trinajstić information content (AvgIpc) is 2.31. The number of hydrogen-bond acceptors (Lipinski definition) is 4. The Hall–Kier alpha value is -0.400. The lowest BCUT2D eigenvalue weighted by Crippen LogP contribution is -2.38. The minimum Gasteiger partial charge on any atom is -0.495 e. The largest absolute Gasteiger partial charge is 0.495 e. The van der Waals surface area contributed by atoms with Gasteiger partial charge in [-0.15, -0.1) is 0 Å². The second-order valence-electron chi connectivity index (χ2n) is 3.21. The summed E-state index contributed by atoms with van der Waals surface area (Å²) >= 11 is 2.28. The van der Waals surface area contributed by atoms with Crippen LogP contribution >= 0.6 is 22.6 Å². The Bertz CT molecular complexity index is 311. The van der Waals surface area contributed by atoms with Crippen LogP contribution in [0.15, 0.2) is 24.0 Å². The van der Waals surface area contributed by atoms with Crippen LogP contribution < -0.4 is 0 Å². The van der Waals surface area contributed by atoms with Crippen molar-refractivity contribution in [2.45, 2.75) is 12.2 Å². The van der Waals surface area contributed by atoms with Crippen molar-refractivity contribution < 1.29 is 19.0 Å². The van der Waals surface area contributed by atoms with Crippen molar-refractivity contribution in [3.05, 3.63) is 24.0 Å². The number of hydrogen-bond donors (Lipinski definition) is 0. The Labute approximate surface area is 109 Å². The van der Waals surface area contributed by atoms with E-state index in [9.17, 15) is 4.79 Å². The summed E-state index contributed by atoms with van der Waals surface area (Å²) in [6, 6.07) is 0. The second-order valence-corrected chi connectivity index (χ2v) is 4.29.